The summed E-state index contributed by atoms with van der Waals surface area (Å²) in [4.78, 5) is 12.4. The van der Waals surface area contributed by atoms with Crippen molar-refractivity contribution in [2.24, 2.45) is 0 Å². The van der Waals surface area contributed by atoms with E-state index in [4.69, 9.17) is 21.1 Å². The van der Waals surface area contributed by atoms with Gasteiger partial charge in [0.2, 0.25) is 0 Å². The highest BCUT2D eigenvalue weighted by Crippen LogP contribution is 2.29. The second-order valence-corrected chi connectivity index (χ2v) is 6.29. The van der Waals surface area contributed by atoms with Gasteiger partial charge in [-0.1, -0.05) is 30.7 Å². The summed E-state index contributed by atoms with van der Waals surface area (Å²) in [6.07, 6.45) is 0.938. The van der Waals surface area contributed by atoms with Gasteiger partial charge >= 0.3 is 0 Å². The summed E-state index contributed by atoms with van der Waals surface area (Å²) in [5.74, 6) is 1.31. The van der Waals surface area contributed by atoms with Gasteiger partial charge in [0.25, 0.3) is 0 Å². The summed E-state index contributed by atoms with van der Waals surface area (Å²) < 4.78 is 10.8. The van der Waals surface area contributed by atoms with Crippen LogP contribution in [0.3, 0.4) is 0 Å². The molecule has 22 heavy (non-hydrogen) atoms. The van der Waals surface area contributed by atoms with Crippen LogP contribution in [-0.2, 0) is 0 Å². The van der Waals surface area contributed by atoms with Crippen LogP contribution in [0, 0.1) is 0 Å². The highest BCUT2D eigenvalue weighted by molar-refractivity contribution is 7.66. The molecule has 1 unspecified atom stereocenters. The predicted molar refractivity (Wildman–Crippen MR) is 92.5 cm³/mol. The molecule has 3 nitrogen and oxygen atoms in total. The number of carbonyl (C=O) groups excluding carboxylic acids is 1. The fraction of sp³-hybridized carbons (Fsp3) is 0.235. The number of hydrogen-bond donors (Lipinski definition) is 0. The molecular formula is C17H18ClO3P. The largest absolute Gasteiger partial charge is 0.496 e. The molecule has 5 heteroatoms. The maximum Gasteiger partial charge on any atom is 0.189 e. The zero-order valence-electron chi connectivity index (χ0n) is 12.6. The molecule has 2 aromatic carbocycles. The van der Waals surface area contributed by atoms with E-state index in [1.807, 2.05) is 31.2 Å². The quantitative estimate of drug-likeness (QED) is 0.708. The predicted octanol–water partition coefficient (Wildman–Crippen LogP) is 4.28. The molecule has 0 saturated heterocycles. The van der Waals surface area contributed by atoms with Gasteiger partial charge in [-0.15, -0.1) is 0 Å². The monoisotopic (exact) mass is 336 g/mol. The molecule has 0 saturated carbocycles. The standard InChI is InChI=1S/C17H18ClO3P/c1-3-10-21-12-8-9-16(14(18)11-12)22-17(19)13-6-4-5-7-15(13)20-2/h4-9,11,22H,3,10H2,1-2H3. The van der Waals surface area contributed by atoms with E-state index in [-0.39, 0.29) is 14.1 Å². The third-order valence-electron chi connectivity index (χ3n) is 3.01. The minimum atomic E-state index is -0.0538. The second-order valence-electron chi connectivity index (χ2n) is 4.64. The lowest BCUT2D eigenvalue weighted by Gasteiger charge is -2.10. The van der Waals surface area contributed by atoms with Crippen molar-refractivity contribution in [3.05, 3.63) is 53.1 Å². The van der Waals surface area contributed by atoms with Crippen molar-refractivity contribution in [3.8, 4) is 11.5 Å². The number of benzene rings is 2. The van der Waals surface area contributed by atoms with Gasteiger partial charge < -0.3 is 9.47 Å². The summed E-state index contributed by atoms with van der Waals surface area (Å²) >= 11 is 6.26. The van der Waals surface area contributed by atoms with E-state index < -0.39 is 0 Å². The number of rotatable bonds is 7. The van der Waals surface area contributed by atoms with Crippen LogP contribution in [0.15, 0.2) is 42.5 Å². The molecule has 0 aromatic heterocycles. The summed E-state index contributed by atoms with van der Waals surface area (Å²) in [6, 6.07) is 12.7. The number of halogens is 1. The maximum absolute atomic E-state index is 12.4. The van der Waals surface area contributed by atoms with Crippen LogP contribution in [0.1, 0.15) is 23.7 Å². The molecule has 0 radical (unpaired) electrons. The van der Waals surface area contributed by atoms with E-state index in [2.05, 4.69) is 0 Å². The highest BCUT2D eigenvalue weighted by Gasteiger charge is 2.14. The maximum atomic E-state index is 12.4. The Morgan fingerprint density at radius 3 is 2.68 bits per heavy atom. The van der Waals surface area contributed by atoms with Crippen molar-refractivity contribution < 1.29 is 14.3 Å². The number of carbonyl (C=O) groups is 1. The lowest BCUT2D eigenvalue weighted by Crippen LogP contribution is -2.05. The molecule has 0 spiro atoms. The molecule has 0 aliphatic carbocycles. The average Bonchev–Trinajstić information content (AvgIpc) is 2.55. The van der Waals surface area contributed by atoms with Crippen molar-refractivity contribution in [3.63, 3.8) is 0 Å². The third-order valence-corrected chi connectivity index (χ3v) is 4.69. The van der Waals surface area contributed by atoms with E-state index in [1.54, 1.807) is 25.3 Å². The van der Waals surface area contributed by atoms with Gasteiger partial charge in [-0.25, -0.2) is 0 Å². The molecule has 1 atom stereocenters. The van der Waals surface area contributed by atoms with Crippen LogP contribution in [0.25, 0.3) is 0 Å². The number of hydrogen-bond acceptors (Lipinski definition) is 3. The van der Waals surface area contributed by atoms with Crippen LogP contribution in [0.2, 0.25) is 5.02 Å². The van der Waals surface area contributed by atoms with Crippen LogP contribution in [0.4, 0.5) is 0 Å². The van der Waals surface area contributed by atoms with Gasteiger partial charge in [0.05, 0.1) is 24.3 Å². The molecule has 0 aliphatic rings. The van der Waals surface area contributed by atoms with Gasteiger partial charge in [-0.3, -0.25) is 4.79 Å². The minimum Gasteiger partial charge on any atom is -0.496 e. The fourth-order valence-corrected chi connectivity index (χ4v) is 3.19. The van der Waals surface area contributed by atoms with E-state index in [0.717, 1.165) is 17.5 Å². The molecule has 0 fully saturated rings. The van der Waals surface area contributed by atoms with Crippen molar-refractivity contribution in [1.29, 1.82) is 0 Å². The summed E-state index contributed by atoms with van der Waals surface area (Å²) in [7, 11) is 1.50. The molecule has 116 valence electrons. The zero-order chi connectivity index (χ0) is 15.9. The number of para-hydroxylation sites is 1. The Labute approximate surface area is 137 Å². The van der Waals surface area contributed by atoms with Crippen LogP contribution in [-0.4, -0.2) is 19.2 Å². The molecule has 0 bridgehead atoms. The minimum absolute atomic E-state index is 0.00146. The molecule has 0 N–H and O–H groups in total. The molecule has 2 aromatic rings. The molecule has 0 heterocycles. The normalized spacial score (nSPS) is 10.9. The number of methoxy groups -OCH3 is 1. The van der Waals surface area contributed by atoms with Crippen molar-refractivity contribution >= 4 is 31.0 Å². The van der Waals surface area contributed by atoms with Gasteiger partial charge in [0.1, 0.15) is 11.5 Å². The zero-order valence-corrected chi connectivity index (χ0v) is 14.3. The second kappa shape index (κ2) is 8.17. The van der Waals surface area contributed by atoms with E-state index in [1.165, 1.54) is 0 Å². The lowest BCUT2D eigenvalue weighted by molar-refractivity contribution is 0.108. The van der Waals surface area contributed by atoms with E-state index in [0.29, 0.717) is 22.9 Å². The first-order valence-electron chi connectivity index (χ1n) is 7.02. The molecular weight excluding hydrogens is 319 g/mol. The Hall–Kier alpha value is -1.57. The van der Waals surface area contributed by atoms with E-state index in [9.17, 15) is 4.79 Å². The Balaban J connectivity index is 2.14. The van der Waals surface area contributed by atoms with Gasteiger partial charge in [-0.05, 0) is 50.6 Å². The first kappa shape index (κ1) is 16.8. The smallest absolute Gasteiger partial charge is 0.189 e. The lowest BCUT2D eigenvalue weighted by atomic mass is 10.2. The Kier molecular flexibility index (Phi) is 6.23. The van der Waals surface area contributed by atoms with Crippen LogP contribution >= 0.6 is 20.2 Å². The van der Waals surface area contributed by atoms with Crippen molar-refractivity contribution in [2.75, 3.05) is 13.7 Å². The van der Waals surface area contributed by atoms with E-state index >= 15 is 0 Å². The molecule has 0 aliphatic heterocycles. The summed E-state index contributed by atoms with van der Waals surface area (Å²) in [5, 5.41) is 1.36. The average molecular weight is 337 g/mol. The van der Waals surface area contributed by atoms with Gasteiger partial charge in [0.15, 0.2) is 5.52 Å². The first-order chi connectivity index (χ1) is 10.7. The summed E-state index contributed by atoms with van der Waals surface area (Å²) in [5.41, 5.74) is 0.576. The highest BCUT2D eigenvalue weighted by atomic mass is 35.5. The topological polar surface area (TPSA) is 35.5 Å². The SMILES string of the molecule is CCCOc1ccc(PC(=O)c2ccccc2OC)c(Cl)c1. The Morgan fingerprint density at radius 1 is 1.23 bits per heavy atom. The molecule has 2 rings (SSSR count). The van der Waals surface area contributed by atoms with Crippen molar-refractivity contribution in [1.82, 2.24) is 0 Å². The Morgan fingerprint density at radius 2 is 2.00 bits per heavy atom. The number of ether oxygens (including phenoxy) is 2. The van der Waals surface area contributed by atoms with Gasteiger partial charge in [-0.2, -0.15) is 0 Å². The molecule has 0 amide bonds. The first-order valence-corrected chi connectivity index (χ1v) is 8.40. The Bertz CT molecular complexity index is 658. The summed E-state index contributed by atoms with van der Waals surface area (Å²) in [6.45, 7) is 2.70. The van der Waals surface area contributed by atoms with Gasteiger partial charge in [0, 0.05) is 0 Å². The fourth-order valence-electron chi connectivity index (χ4n) is 1.93. The van der Waals surface area contributed by atoms with Crippen molar-refractivity contribution in [2.45, 2.75) is 13.3 Å². The van der Waals surface area contributed by atoms with Crippen LogP contribution < -0.4 is 14.8 Å². The van der Waals surface area contributed by atoms with Crippen LogP contribution in [0.5, 0.6) is 11.5 Å². The third kappa shape index (κ3) is 4.22.